The molecule has 194 valence electrons. The predicted octanol–water partition coefficient (Wildman–Crippen LogP) is 4.91. The maximum Gasteiger partial charge on any atom is 0.411 e. The van der Waals surface area contributed by atoms with Crippen molar-refractivity contribution >= 4 is 18.0 Å². The minimum absolute atomic E-state index is 0.0822. The number of benzene rings is 3. The number of fused-ring (bicyclic) bond motifs is 4. The fourth-order valence-electron chi connectivity index (χ4n) is 6.47. The highest BCUT2D eigenvalue weighted by molar-refractivity contribution is 5.94. The minimum Gasteiger partial charge on any atom is -0.462 e. The zero-order valence-corrected chi connectivity index (χ0v) is 21.7. The second-order valence-corrected chi connectivity index (χ2v) is 10.7. The first-order valence-electron chi connectivity index (χ1n) is 13.0. The molecule has 2 aliphatic heterocycles. The number of piperazine rings is 1. The molecule has 7 heteroatoms. The Labute approximate surface area is 222 Å². The zero-order chi connectivity index (χ0) is 26.6. The number of ether oxygens (including phenoxy) is 2. The van der Waals surface area contributed by atoms with E-state index in [1.807, 2.05) is 54.6 Å². The summed E-state index contributed by atoms with van der Waals surface area (Å²) in [5.41, 5.74) is 4.32. The van der Waals surface area contributed by atoms with Gasteiger partial charge in [-0.1, -0.05) is 78.9 Å². The molecule has 0 bridgehead atoms. The van der Waals surface area contributed by atoms with Crippen molar-refractivity contribution in [3.8, 4) is 11.1 Å². The number of carbonyl (C=O) groups is 3. The van der Waals surface area contributed by atoms with E-state index in [4.69, 9.17) is 9.47 Å². The second-order valence-electron chi connectivity index (χ2n) is 10.7. The number of hydrogen-bond acceptors (Lipinski definition) is 5. The van der Waals surface area contributed by atoms with Gasteiger partial charge in [0.25, 0.3) is 0 Å². The largest absolute Gasteiger partial charge is 0.462 e. The van der Waals surface area contributed by atoms with E-state index < -0.39 is 35.7 Å². The fourth-order valence-corrected chi connectivity index (χ4v) is 6.47. The van der Waals surface area contributed by atoms with Crippen LogP contribution in [-0.2, 0) is 19.1 Å². The van der Waals surface area contributed by atoms with Crippen LogP contribution in [0, 0.1) is 0 Å². The monoisotopic (exact) mass is 510 g/mol. The van der Waals surface area contributed by atoms with Crippen LogP contribution in [0.25, 0.3) is 11.1 Å². The number of rotatable bonds is 3. The lowest BCUT2D eigenvalue weighted by Gasteiger charge is -2.56. The molecule has 0 aromatic heterocycles. The Hall–Kier alpha value is -4.13. The van der Waals surface area contributed by atoms with E-state index in [-0.39, 0.29) is 25.0 Å². The summed E-state index contributed by atoms with van der Waals surface area (Å²) in [5.74, 6) is -0.920. The Kier molecular flexibility index (Phi) is 5.74. The number of hydrogen-bond donors (Lipinski definition) is 0. The van der Waals surface area contributed by atoms with Crippen LogP contribution in [0.4, 0.5) is 4.79 Å². The molecule has 1 aliphatic carbocycles. The number of nitrogens with zero attached hydrogens (tertiary/aromatic N) is 2. The Morgan fingerprint density at radius 2 is 1.50 bits per heavy atom. The summed E-state index contributed by atoms with van der Waals surface area (Å²) in [4.78, 5) is 43.5. The molecular weight excluding hydrogens is 480 g/mol. The lowest BCUT2D eigenvalue weighted by atomic mass is 9.83. The summed E-state index contributed by atoms with van der Waals surface area (Å²) < 4.78 is 11.5. The van der Waals surface area contributed by atoms with E-state index in [1.54, 1.807) is 25.7 Å². The molecule has 3 aromatic carbocycles. The maximum absolute atomic E-state index is 13.7. The van der Waals surface area contributed by atoms with Gasteiger partial charge in [-0.05, 0) is 48.6 Å². The van der Waals surface area contributed by atoms with Gasteiger partial charge in [-0.25, -0.2) is 9.59 Å². The number of morpholine rings is 1. The van der Waals surface area contributed by atoms with E-state index in [9.17, 15) is 14.4 Å². The highest BCUT2D eigenvalue weighted by Crippen LogP contribution is 2.45. The average molecular weight is 511 g/mol. The van der Waals surface area contributed by atoms with Crippen molar-refractivity contribution < 1.29 is 23.9 Å². The number of esters is 1. The van der Waals surface area contributed by atoms with Gasteiger partial charge in [0, 0.05) is 5.92 Å². The molecule has 3 aliphatic rings. The average Bonchev–Trinajstić information content (AvgIpc) is 3.24. The Morgan fingerprint density at radius 3 is 2.13 bits per heavy atom. The smallest absolute Gasteiger partial charge is 0.411 e. The van der Waals surface area contributed by atoms with Gasteiger partial charge in [0.15, 0.2) is 6.04 Å². The minimum atomic E-state index is -1.06. The van der Waals surface area contributed by atoms with Crippen LogP contribution in [-0.4, -0.2) is 58.6 Å². The third-order valence-corrected chi connectivity index (χ3v) is 8.23. The van der Waals surface area contributed by atoms with Gasteiger partial charge < -0.3 is 14.4 Å². The van der Waals surface area contributed by atoms with E-state index in [1.165, 1.54) is 4.90 Å². The molecule has 3 aromatic rings. The van der Waals surface area contributed by atoms with Gasteiger partial charge in [-0.3, -0.25) is 9.69 Å². The molecule has 6 rings (SSSR count). The first-order chi connectivity index (χ1) is 18.3. The first-order valence-corrected chi connectivity index (χ1v) is 13.0. The lowest BCUT2D eigenvalue weighted by Crippen LogP contribution is -2.76. The van der Waals surface area contributed by atoms with Crippen LogP contribution in [0.15, 0.2) is 78.9 Å². The highest BCUT2D eigenvalue weighted by atomic mass is 16.6. The molecule has 38 heavy (non-hydrogen) atoms. The molecule has 2 heterocycles. The molecule has 2 fully saturated rings. The van der Waals surface area contributed by atoms with Crippen molar-refractivity contribution in [3.05, 3.63) is 95.6 Å². The molecule has 3 atom stereocenters. The summed E-state index contributed by atoms with van der Waals surface area (Å²) >= 11 is 0. The van der Waals surface area contributed by atoms with E-state index in [2.05, 4.69) is 24.3 Å². The van der Waals surface area contributed by atoms with Crippen LogP contribution < -0.4 is 0 Å². The highest BCUT2D eigenvalue weighted by Gasteiger charge is 2.59. The zero-order valence-electron chi connectivity index (χ0n) is 21.7. The molecule has 0 radical (unpaired) electrons. The van der Waals surface area contributed by atoms with Crippen molar-refractivity contribution in [1.82, 2.24) is 9.80 Å². The lowest BCUT2D eigenvalue weighted by molar-refractivity contribution is -0.190. The molecule has 0 spiro atoms. The van der Waals surface area contributed by atoms with E-state index >= 15 is 0 Å². The summed E-state index contributed by atoms with van der Waals surface area (Å²) in [6.45, 7) is 5.50. The van der Waals surface area contributed by atoms with Crippen molar-refractivity contribution in [2.45, 2.75) is 50.4 Å². The van der Waals surface area contributed by atoms with Gasteiger partial charge in [-0.2, -0.15) is 0 Å². The number of cyclic esters (lactones) is 1. The topological polar surface area (TPSA) is 76.2 Å². The fraction of sp³-hybridized carbons (Fsp3) is 0.323. The number of carbonyl (C=O) groups excluding carboxylic acids is 3. The quantitative estimate of drug-likeness (QED) is 0.468. The molecule has 0 N–H and O–H groups in total. The van der Waals surface area contributed by atoms with Gasteiger partial charge >= 0.3 is 12.1 Å². The van der Waals surface area contributed by atoms with Gasteiger partial charge in [0.1, 0.15) is 19.3 Å². The third-order valence-electron chi connectivity index (χ3n) is 8.23. The first kappa shape index (κ1) is 24.2. The summed E-state index contributed by atoms with van der Waals surface area (Å²) in [6, 6.07) is 23.6. The van der Waals surface area contributed by atoms with Crippen LogP contribution in [0.5, 0.6) is 0 Å². The summed E-state index contributed by atoms with van der Waals surface area (Å²) in [5, 5.41) is 0. The van der Waals surface area contributed by atoms with Crippen LogP contribution in [0.1, 0.15) is 49.4 Å². The third kappa shape index (κ3) is 3.60. The van der Waals surface area contributed by atoms with E-state index in [0.717, 1.165) is 27.8 Å². The molecule has 2 amide bonds. The van der Waals surface area contributed by atoms with Crippen molar-refractivity contribution in [3.63, 3.8) is 0 Å². The summed E-state index contributed by atoms with van der Waals surface area (Å²) in [7, 11) is 0. The van der Waals surface area contributed by atoms with Crippen molar-refractivity contribution in [2.75, 3.05) is 13.2 Å². The second kappa shape index (κ2) is 9.01. The van der Waals surface area contributed by atoms with Crippen LogP contribution in [0.3, 0.4) is 0 Å². The molecule has 7 nitrogen and oxygen atoms in total. The number of amides is 2. The van der Waals surface area contributed by atoms with Crippen molar-refractivity contribution in [1.29, 1.82) is 0 Å². The Bertz CT molecular complexity index is 1370. The molecule has 0 unspecified atom stereocenters. The maximum atomic E-state index is 13.7. The van der Waals surface area contributed by atoms with Crippen LogP contribution in [0.2, 0.25) is 0 Å². The summed E-state index contributed by atoms with van der Waals surface area (Å²) in [6.07, 6.45) is -0.619. The van der Waals surface area contributed by atoms with Gasteiger partial charge in [0.2, 0.25) is 5.91 Å². The molecular formula is C31H30N2O5. The van der Waals surface area contributed by atoms with Crippen molar-refractivity contribution in [2.24, 2.45) is 0 Å². The molecule has 0 saturated carbocycles. The van der Waals surface area contributed by atoms with E-state index in [0.29, 0.717) is 0 Å². The standard InChI is InChI=1S/C31H30N2O5/c1-19-28(34)32-26(20-11-5-4-6-12-20)18-37-29(35)27(32)31(2,3)33(19)30(36)38-17-25-23-15-9-7-13-21(23)22-14-8-10-16-24(22)25/h4-16,19,25-27H,17-18H2,1-3H3/t19-,26+,27-/m1/s1. The predicted molar refractivity (Wildman–Crippen MR) is 141 cm³/mol. The SMILES string of the molecule is C[C@@H]1C(=O)N2[C@H](c3ccccc3)COC(=O)[C@@H]2C(C)(C)N1C(=O)OCC1c2ccccc2-c2ccccc21. The van der Waals surface area contributed by atoms with Crippen LogP contribution >= 0.6 is 0 Å². The van der Waals surface area contributed by atoms with Gasteiger partial charge in [0.05, 0.1) is 11.6 Å². The molecule has 2 saturated heterocycles. The Balaban J connectivity index is 1.28. The normalized spacial score (nSPS) is 23.8. The Morgan fingerprint density at radius 1 is 0.921 bits per heavy atom. The van der Waals surface area contributed by atoms with Gasteiger partial charge in [-0.15, -0.1) is 0 Å².